The summed E-state index contributed by atoms with van der Waals surface area (Å²) in [5.74, 6) is -2.40. The number of nitrogens with one attached hydrogen (secondary N) is 2. The average molecular weight is 597 g/mol. The molecule has 0 spiro atoms. The number of thiazole rings is 1. The monoisotopic (exact) mass is 596 g/mol. The van der Waals surface area contributed by atoms with E-state index in [4.69, 9.17) is 10.6 Å². The van der Waals surface area contributed by atoms with Crippen molar-refractivity contribution in [1.82, 2.24) is 30.7 Å². The van der Waals surface area contributed by atoms with Crippen LogP contribution in [0.25, 0.3) is 0 Å². The van der Waals surface area contributed by atoms with Crippen molar-refractivity contribution in [2.24, 2.45) is 5.16 Å². The Morgan fingerprint density at radius 2 is 2.18 bits per heavy atom. The summed E-state index contributed by atoms with van der Waals surface area (Å²) in [6, 6.07) is -0.955. The van der Waals surface area contributed by atoms with Gasteiger partial charge in [0.25, 0.3) is 11.8 Å². The second-order valence-corrected chi connectivity index (χ2v) is 11.7. The number of allylic oxidation sites excluding steroid dienone is 1. The molecule has 0 aromatic carbocycles. The van der Waals surface area contributed by atoms with E-state index in [0.717, 1.165) is 16.2 Å². The molecule has 0 bridgehead atoms. The molecule has 1 saturated heterocycles. The first-order valence-electron chi connectivity index (χ1n) is 10.6. The van der Waals surface area contributed by atoms with Crippen molar-refractivity contribution in [3.8, 4) is 0 Å². The van der Waals surface area contributed by atoms with Crippen molar-refractivity contribution in [2.75, 3.05) is 18.6 Å². The third-order valence-electron chi connectivity index (χ3n) is 5.02. The van der Waals surface area contributed by atoms with Crippen molar-refractivity contribution < 1.29 is 29.1 Å². The number of β-lactam (4-membered cyclic amide) rings is 1. The van der Waals surface area contributed by atoms with E-state index in [1.165, 1.54) is 54.3 Å². The summed E-state index contributed by atoms with van der Waals surface area (Å²) in [5, 5.41) is 30.3. The van der Waals surface area contributed by atoms with Crippen molar-refractivity contribution in [1.29, 1.82) is 0 Å². The molecular formula is C20H20N8O6S4. The van der Waals surface area contributed by atoms with Crippen molar-refractivity contribution in [3.05, 3.63) is 38.8 Å². The van der Waals surface area contributed by atoms with Gasteiger partial charge in [-0.2, -0.15) is 0 Å². The first kappa shape index (κ1) is 27.6. The first-order chi connectivity index (χ1) is 18.2. The number of thioether (sulfide) groups is 2. The number of carbonyl (C=O) groups is 4. The normalized spacial score (nSPS) is 19.3. The maximum atomic E-state index is 12.9. The summed E-state index contributed by atoms with van der Waals surface area (Å²) in [6.45, 7) is 1.68. The molecule has 200 valence electrons. The first-order valence-corrected chi connectivity index (χ1v) is 14.3. The Balaban J connectivity index is 1.44. The van der Waals surface area contributed by atoms with Gasteiger partial charge < -0.3 is 26.3 Å². The van der Waals surface area contributed by atoms with Gasteiger partial charge in [-0.15, -0.1) is 33.3 Å². The van der Waals surface area contributed by atoms with Crippen LogP contribution < -0.4 is 16.4 Å². The molecule has 2 atom stereocenters. The largest absolute Gasteiger partial charge is 0.477 e. The van der Waals surface area contributed by atoms with Crippen molar-refractivity contribution in [3.63, 3.8) is 0 Å². The summed E-state index contributed by atoms with van der Waals surface area (Å²) < 4.78 is 0.610. The van der Waals surface area contributed by atoms with E-state index in [2.05, 4.69) is 31.0 Å². The molecule has 2 aromatic rings. The molecule has 2 aliphatic rings. The zero-order chi connectivity index (χ0) is 27.4. The minimum Gasteiger partial charge on any atom is -0.477 e. The minimum atomic E-state index is -1.26. The van der Waals surface area contributed by atoms with Gasteiger partial charge >= 0.3 is 5.97 Å². The summed E-state index contributed by atoms with van der Waals surface area (Å²) >= 11 is 4.97. The SMILES string of the molecule is CO/N=C(\C(=O)NC1C(=O)N2C(C(=O)O)=C(/C=C/Sc3nnc(CNC(C)=O)s3)CSC12)c1csc(N)n1. The van der Waals surface area contributed by atoms with Gasteiger partial charge in [-0.1, -0.05) is 28.3 Å². The fraction of sp³-hybridized carbons (Fsp3) is 0.300. The number of aromatic nitrogens is 3. The quantitative estimate of drug-likeness (QED) is 0.129. The lowest BCUT2D eigenvalue weighted by Crippen LogP contribution is -2.71. The number of nitrogens with zero attached hydrogens (tertiary/aromatic N) is 5. The number of anilines is 1. The Morgan fingerprint density at radius 3 is 2.84 bits per heavy atom. The van der Waals surface area contributed by atoms with Gasteiger partial charge in [0.1, 0.15) is 34.9 Å². The number of oxime groups is 1. The number of carboxylic acid groups (broad SMARTS) is 1. The zero-order valence-corrected chi connectivity index (χ0v) is 23.0. The molecule has 2 aromatic heterocycles. The fourth-order valence-electron chi connectivity index (χ4n) is 3.40. The molecule has 0 radical (unpaired) electrons. The molecule has 18 heteroatoms. The number of fused-ring (bicyclic) bond motifs is 1. The van der Waals surface area contributed by atoms with E-state index in [0.29, 0.717) is 20.7 Å². The number of amides is 3. The van der Waals surface area contributed by atoms with Crippen LogP contribution in [-0.2, 0) is 30.6 Å². The van der Waals surface area contributed by atoms with Crippen LogP contribution in [0.3, 0.4) is 0 Å². The Morgan fingerprint density at radius 1 is 1.39 bits per heavy atom. The summed E-state index contributed by atoms with van der Waals surface area (Å²) in [5.41, 5.74) is 5.96. The molecule has 14 nitrogen and oxygen atoms in total. The van der Waals surface area contributed by atoms with E-state index in [-0.39, 0.29) is 34.7 Å². The smallest absolute Gasteiger partial charge is 0.352 e. The third-order valence-corrected chi connectivity index (χ3v) is 8.81. The second kappa shape index (κ2) is 11.9. The Hall–Kier alpha value is -3.48. The Labute approximate surface area is 231 Å². The molecule has 3 amide bonds. The van der Waals surface area contributed by atoms with E-state index < -0.39 is 29.2 Å². The van der Waals surface area contributed by atoms with Gasteiger partial charge in [0.2, 0.25) is 5.91 Å². The highest BCUT2D eigenvalue weighted by Crippen LogP contribution is 2.41. The number of hydrogen-bond donors (Lipinski definition) is 4. The van der Waals surface area contributed by atoms with E-state index in [1.807, 2.05) is 0 Å². The maximum Gasteiger partial charge on any atom is 0.352 e. The number of aliphatic carboxylic acids is 1. The Kier molecular flexibility index (Phi) is 8.65. The van der Waals surface area contributed by atoms with Crippen LogP contribution in [0.4, 0.5) is 5.13 Å². The van der Waals surface area contributed by atoms with Gasteiger partial charge in [-0.3, -0.25) is 19.3 Å². The predicted octanol–water partition coefficient (Wildman–Crippen LogP) is 0.608. The zero-order valence-electron chi connectivity index (χ0n) is 19.7. The van der Waals surface area contributed by atoms with Crippen LogP contribution in [0, 0.1) is 0 Å². The lowest BCUT2D eigenvalue weighted by molar-refractivity contribution is -0.150. The lowest BCUT2D eigenvalue weighted by atomic mass is 10.0. The summed E-state index contributed by atoms with van der Waals surface area (Å²) in [6.07, 6.45) is 1.61. The summed E-state index contributed by atoms with van der Waals surface area (Å²) in [4.78, 5) is 58.8. The second-order valence-electron chi connectivity index (χ2n) is 7.53. The third kappa shape index (κ3) is 5.98. The lowest BCUT2D eigenvalue weighted by Gasteiger charge is -2.49. The highest BCUT2D eigenvalue weighted by molar-refractivity contribution is 8.03. The number of carbonyl (C=O) groups excluding carboxylic acids is 3. The number of rotatable bonds is 10. The van der Waals surface area contributed by atoms with E-state index in [1.54, 1.807) is 11.5 Å². The number of hydrogen-bond acceptors (Lipinski definition) is 14. The van der Waals surface area contributed by atoms with Gasteiger partial charge in [-0.25, -0.2) is 9.78 Å². The number of carboxylic acids is 1. The molecule has 38 heavy (non-hydrogen) atoms. The Bertz CT molecular complexity index is 1370. The predicted molar refractivity (Wildman–Crippen MR) is 142 cm³/mol. The van der Waals surface area contributed by atoms with Crippen LogP contribution in [0.15, 0.2) is 37.6 Å². The number of nitrogen functional groups attached to an aromatic ring is 1. The summed E-state index contributed by atoms with van der Waals surface area (Å²) in [7, 11) is 1.27. The molecule has 1 fully saturated rings. The van der Waals surface area contributed by atoms with Crippen LogP contribution in [0.2, 0.25) is 0 Å². The van der Waals surface area contributed by atoms with Crippen LogP contribution >= 0.6 is 46.2 Å². The van der Waals surface area contributed by atoms with Crippen molar-refractivity contribution in [2.45, 2.75) is 29.2 Å². The molecular weight excluding hydrogens is 577 g/mol. The van der Waals surface area contributed by atoms with Crippen molar-refractivity contribution >= 4 is 80.7 Å². The molecule has 2 unspecified atom stereocenters. The fourth-order valence-corrected chi connectivity index (χ4v) is 6.86. The van der Waals surface area contributed by atoms with Gasteiger partial charge in [0.15, 0.2) is 15.2 Å². The molecule has 5 N–H and O–H groups in total. The van der Waals surface area contributed by atoms with Crippen LogP contribution in [0.5, 0.6) is 0 Å². The topological polar surface area (TPSA) is 202 Å². The number of nitrogens with two attached hydrogens (primary N) is 1. The van der Waals surface area contributed by atoms with E-state index >= 15 is 0 Å². The van der Waals surface area contributed by atoms with Crippen LogP contribution in [-0.4, -0.2) is 78.9 Å². The van der Waals surface area contributed by atoms with Crippen LogP contribution in [0.1, 0.15) is 17.6 Å². The standard InChI is InChI=1S/C20H20N8O6S4/c1-8(29)22-5-11-25-26-20(38-11)35-4-3-9-6-36-17-13(16(31)28(17)14(9)18(32)33)24-15(30)12(27-34-2)10-7-37-19(21)23-10/h3-4,7,13,17H,5-6H2,1-2H3,(H2,21,23)(H,22,29)(H,24,30)(H,32,33)/b4-3+,27-12-. The average Bonchev–Trinajstić information content (AvgIpc) is 3.52. The molecule has 2 aliphatic heterocycles. The van der Waals surface area contributed by atoms with Gasteiger partial charge in [0.05, 0.1) is 6.54 Å². The van der Waals surface area contributed by atoms with Gasteiger partial charge in [-0.05, 0) is 17.1 Å². The highest BCUT2D eigenvalue weighted by atomic mass is 32.2. The molecule has 4 heterocycles. The van der Waals surface area contributed by atoms with Gasteiger partial charge in [0, 0.05) is 18.1 Å². The molecule has 4 rings (SSSR count). The molecule has 0 aliphatic carbocycles. The minimum absolute atomic E-state index is 0.150. The molecule has 0 saturated carbocycles. The van der Waals surface area contributed by atoms with E-state index in [9.17, 15) is 24.3 Å². The highest BCUT2D eigenvalue weighted by Gasteiger charge is 2.54. The maximum absolute atomic E-state index is 12.9.